The SMILES string of the molecule is CC(=O)OC1CC2C(OC(C)=O)C3C(C)(CCC(OC(=O)CC(c4ccccc4)N(C)C)C34CO4)C(O)C(OC(C)=O)C(=C1C)C2(C)C. The van der Waals surface area contributed by atoms with Gasteiger partial charge in [-0.15, -0.1) is 0 Å². The molecule has 4 aliphatic rings. The van der Waals surface area contributed by atoms with Gasteiger partial charge in [-0.05, 0) is 62.4 Å². The Balaban J connectivity index is 1.59. The minimum absolute atomic E-state index is 0.114. The molecule has 264 valence electrons. The standard InChI is InChI=1S/C37H51NO10/c1-20-27(45-21(2)39)17-25-31(46-22(3)40)33-36(7,34(43)32(47-23(4)41)30(20)35(25,5)6)16-15-28(37(33)19-44-37)48-29(42)18-26(38(8)9)24-13-11-10-12-14-24/h10-14,25-28,31-34,43H,15-19H2,1-9H3. The van der Waals surface area contributed by atoms with E-state index in [2.05, 4.69) is 0 Å². The van der Waals surface area contributed by atoms with Crippen LogP contribution < -0.4 is 0 Å². The second-order valence-corrected chi connectivity index (χ2v) is 15.1. The smallest absolute Gasteiger partial charge is 0.308 e. The van der Waals surface area contributed by atoms with Gasteiger partial charge in [-0.2, -0.15) is 0 Å². The molecule has 3 fully saturated rings. The normalized spacial score (nSPS) is 35.9. The summed E-state index contributed by atoms with van der Waals surface area (Å²) in [7, 11) is 3.84. The van der Waals surface area contributed by atoms with E-state index in [1.807, 2.05) is 77.0 Å². The van der Waals surface area contributed by atoms with Crippen LogP contribution >= 0.6 is 0 Å². The highest BCUT2D eigenvalue weighted by Crippen LogP contribution is 2.65. The highest BCUT2D eigenvalue weighted by Gasteiger charge is 2.74. The minimum atomic E-state index is -1.25. The van der Waals surface area contributed by atoms with E-state index < -0.39 is 76.7 Å². The molecule has 10 unspecified atom stereocenters. The van der Waals surface area contributed by atoms with Gasteiger partial charge in [0.15, 0.2) is 6.10 Å². The van der Waals surface area contributed by atoms with E-state index in [9.17, 15) is 24.3 Å². The molecule has 1 aromatic carbocycles. The fourth-order valence-electron chi connectivity index (χ4n) is 9.27. The van der Waals surface area contributed by atoms with E-state index in [1.165, 1.54) is 20.8 Å². The van der Waals surface area contributed by atoms with Gasteiger partial charge in [0.25, 0.3) is 0 Å². The molecular formula is C37H51NO10. The average molecular weight is 670 g/mol. The Morgan fingerprint density at radius 2 is 1.56 bits per heavy atom. The number of hydrogen-bond donors (Lipinski definition) is 1. The summed E-state index contributed by atoms with van der Waals surface area (Å²) >= 11 is 0. The van der Waals surface area contributed by atoms with Gasteiger partial charge < -0.3 is 33.7 Å². The Morgan fingerprint density at radius 1 is 0.958 bits per heavy atom. The topological polar surface area (TPSA) is 141 Å². The van der Waals surface area contributed by atoms with Gasteiger partial charge in [0.1, 0.15) is 30.0 Å². The van der Waals surface area contributed by atoms with Crippen molar-refractivity contribution in [3.8, 4) is 0 Å². The Labute approximate surface area is 283 Å². The molecule has 10 atom stereocenters. The molecule has 48 heavy (non-hydrogen) atoms. The zero-order valence-electron chi connectivity index (χ0n) is 29.6. The van der Waals surface area contributed by atoms with Crippen LogP contribution in [0.5, 0.6) is 0 Å². The van der Waals surface area contributed by atoms with Gasteiger partial charge in [-0.3, -0.25) is 19.2 Å². The molecule has 11 nitrogen and oxygen atoms in total. The maximum atomic E-state index is 13.7. The van der Waals surface area contributed by atoms with Crippen LogP contribution in [0.4, 0.5) is 0 Å². The molecule has 2 bridgehead atoms. The van der Waals surface area contributed by atoms with E-state index in [-0.39, 0.29) is 25.0 Å². The fraction of sp³-hybridized carbons (Fsp3) is 0.676. The molecule has 3 aliphatic carbocycles. The van der Waals surface area contributed by atoms with Crippen LogP contribution in [0.25, 0.3) is 0 Å². The Hall–Kier alpha value is -3.28. The molecule has 0 aromatic heterocycles. The summed E-state index contributed by atoms with van der Waals surface area (Å²) < 4.78 is 30.7. The monoisotopic (exact) mass is 669 g/mol. The molecule has 1 spiro atoms. The van der Waals surface area contributed by atoms with Gasteiger partial charge in [0, 0.05) is 44.1 Å². The molecule has 1 aliphatic heterocycles. The number of ether oxygens (including phenoxy) is 5. The van der Waals surface area contributed by atoms with Gasteiger partial charge in [-0.1, -0.05) is 51.1 Å². The Kier molecular flexibility index (Phi) is 9.91. The molecule has 0 radical (unpaired) electrons. The predicted molar refractivity (Wildman–Crippen MR) is 174 cm³/mol. The number of carbonyl (C=O) groups is 4. The molecule has 2 saturated carbocycles. The van der Waals surface area contributed by atoms with Crippen LogP contribution in [0, 0.1) is 22.7 Å². The number of benzene rings is 1. The molecule has 0 amide bonds. The first-order chi connectivity index (χ1) is 22.4. The lowest BCUT2D eigenvalue weighted by Crippen LogP contribution is -2.68. The molecule has 11 heteroatoms. The summed E-state index contributed by atoms with van der Waals surface area (Å²) in [6.07, 6.45) is -3.30. The van der Waals surface area contributed by atoms with Crippen molar-refractivity contribution in [1.29, 1.82) is 0 Å². The van der Waals surface area contributed by atoms with Crippen molar-refractivity contribution >= 4 is 23.9 Å². The van der Waals surface area contributed by atoms with Crippen LogP contribution in [0.15, 0.2) is 41.5 Å². The summed E-state index contributed by atoms with van der Waals surface area (Å²) in [5, 5.41) is 12.5. The lowest BCUT2D eigenvalue weighted by molar-refractivity contribution is -0.223. The summed E-state index contributed by atoms with van der Waals surface area (Å²) in [4.78, 5) is 53.5. The largest absolute Gasteiger partial charge is 0.462 e. The van der Waals surface area contributed by atoms with Gasteiger partial charge >= 0.3 is 23.9 Å². The quantitative estimate of drug-likeness (QED) is 0.183. The first kappa shape index (κ1) is 36.0. The van der Waals surface area contributed by atoms with Crippen molar-refractivity contribution in [2.24, 2.45) is 22.7 Å². The number of nitrogens with zero attached hydrogens (tertiary/aromatic N) is 1. The fourth-order valence-corrected chi connectivity index (χ4v) is 9.27. The van der Waals surface area contributed by atoms with Crippen LogP contribution in [-0.2, 0) is 42.9 Å². The van der Waals surface area contributed by atoms with E-state index in [1.54, 1.807) is 0 Å². The molecule has 5 rings (SSSR count). The molecule has 1 N–H and O–H groups in total. The summed E-state index contributed by atoms with van der Waals surface area (Å²) in [5.74, 6) is -3.03. The molecular weight excluding hydrogens is 618 g/mol. The summed E-state index contributed by atoms with van der Waals surface area (Å²) in [6.45, 7) is 11.9. The number of aliphatic hydroxyl groups excluding tert-OH is 1. The maximum absolute atomic E-state index is 13.7. The van der Waals surface area contributed by atoms with Crippen molar-refractivity contribution < 1.29 is 48.0 Å². The zero-order chi connectivity index (χ0) is 35.3. The number of hydrogen-bond acceptors (Lipinski definition) is 11. The highest BCUT2D eigenvalue weighted by molar-refractivity contribution is 5.71. The van der Waals surface area contributed by atoms with Crippen LogP contribution in [0.3, 0.4) is 0 Å². The number of epoxide rings is 1. The van der Waals surface area contributed by atoms with Crippen LogP contribution in [0.2, 0.25) is 0 Å². The van der Waals surface area contributed by atoms with Crippen molar-refractivity contribution in [3.05, 3.63) is 47.0 Å². The molecule has 1 aromatic rings. The van der Waals surface area contributed by atoms with Gasteiger partial charge in [0.2, 0.25) is 0 Å². The zero-order valence-corrected chi connectivity index (χ0v) is 29.6. The summed E-state index contributed by atoms with van der Waals surface area (Å²) in [6, 6.07) is 9.55. The van der Waals surface area contributed by atoms with E-state index in [0.717, 1.165) is 5.56 Å². The third-order valence-electron chi connectivity index (χ3n) is 11.5. The number of fused-ring (bicyclic) bond motifs is 4. The van der Waals surface area contributed by atoms with E-state index in [4.69, 9.17) is 23.7 Å². The number of esters is 4. The lowest BCUT2D eigenvalue weighted by Gasteiger charge is -2.60. The van der Waals surface area contributed by atoms with E-state index in [0.29, 0.717) is 30.4 Å². The molecule has 1 heterocycles. The summed E-state index contributed by atoms with van der Waals surface area (Å²) in [5.41, 5.74) is -0.495. The molecule has 1 saturated heterocycles. The van der Waals surface area contributed by atoms with E-state index >= 15 is 0 Å². The third kappa shape index (κ3) is 6.41. The maximum Gasteiger partial charge on any atom is 0.308 e. The van der Waals surface area contributed by atoms with Crippen molar-refractivity contribution in [3.63, 3.8) is 0 Å². The third-order valence-corrected chi connectivity index (χ3v) is 11.5. The highest BCUT2D eigenvalue weighted by atomic mass is 16.6. The average Bonchev–Trinajstić information content (AvgIpc) is 3.77. The Morgan fingerprint density at radius 3 is 2.10 bits per heavy atom. The minimum Gasteiger partial charge on any atom is -0.462 e. The number of aliphatic hydroxyl groups is 1. The first-order valence-electron chi connectivity index (χ1n) is 16.9. The van der Waals surface area contributed by atoms with Crippen molar-refractivity contribution in [2.75, 3.05) is 20.7 Å². The first-order valence-corrected chi connectivity index (χ1v) is 16.9. The van der Waals surface area contributed by atoms with Crippen LogP contribution in [-0.4, -0.2) is 90.7 Å². The van der Waals surface area contributed by atoms with Gasteiger partial charge in [-0.25, -0.2) is 0 Å². The second kappa shape index (κ2) is 13.2. The number of rotatable bonds is 8. The predicted octanol–water partition coefficient (Wildman–Crippen LogP) is 4.31. The van der Waals surface area contributed by atoms with Crippen LogP contribution in [0.1, 0.15) is 85.8 Å². The lowest BCUT2D eigenvalue weighted by atomic mass is 9.48. The van der Waals surface area contributed by atoms with Gasteiger partial charge in [0.05, 0.1) is 13.0 Å². The van der Waals surface area contributed by atoms with Crippen molar-refractivity contribution in [1.82, 2.24) is 4.90 Å². The van der Waals surface area contributed by atoms with Crippen molar-refractivity contribution in [2.45, 2.75) is 116 Å². The number of carbonyl (C=O) groups excluding carboxylic acids is 4. The Bertz CT molecular complexity index is 1450. The second-order valence-electron chi connectivity index (χ2n) is 15.1.